The third-order valence-corrected chi connectivity index (χ3v) is 6.33. The summed E-state index contributed by atoms with van der Waals surface area (Å²) in [6.45, 7) is 9.01. The van der Waals surface area contributed by atoms with Gasteiger partial charge in [0.25, 0.3) is 0 Å². The number of hydrogen-bond donors (Lipinski definition) is 0. The SMILES string of the molecule is CCc1ccc(-c2cn3c(CC(=O)N4CCN(CC)CC4)csc3n2)cc1. The molecule has 3 heterocycles. The van der Waals surface area contributed by atoms with Crippen LogP contribution in [0, 0.1) is 0 Å². The highest BCUT2D eigenvalue weighted by molar-refractivity contribution is 7.15. The van der Waals surface area contributed by atoms with E-state index in [-0.39, 0.29) is 5.91 Å². The number of amides is 1. The number of likely N-dealkylation sites (N-methyl/N-ethyl adjacent to an activating group) is 1. The van der Waals surface area contributed by atoms with Crippen LogP contribution in [-0.4, -0.2) is 57.8 Å². The highest BCUT2D eigenvalue weighted by atomic mass is 32.1. The van der Waals surface area contributed by atoms with Crippen molar-refractivity contribution in [2.24, 2.45) is 0 Å². The molecule has 1 amide bonds. The molecular weight excluding hydrogens is 356 g/mol. The summed E-state index contributed by atoms with van der Waals surface area (Å²) in [5, 5.41) is 2.06. The molecule has 2 aromatic heterocycles. The highest BCUT2D eigenvalue weighted by Crippen LogP contribution is 2.24. The summed E-state index contributed by atoms with van der Waals surface area (Å²) in [5.41, 5.74) is 4.45. The van der Waals surface area contributed by atoms with Gasteiger partial charge in [-0.3, -0.25) is 9.20 Å². The first-order chi connectivity index (χ1) is 13.2. The van der Waals surface area contributed by atoms with Gasteiger partial charge in [-0.25, -0.2) is 4.98 Å². The number of carbonyl (C=O) groups excluding carboxylic acids is 1. The molecule has 5 nitrogen and oxygen atoms in total. The van der Waals surface area contributed by atoms with Crippen LogP contribution in [0.15, 0.2) is 35.8 Å². The van der Waals surface area contributed by atoms with Crippen molar-refractivity contribution in [2.75, 3.05) is 32.7 Å². The lowest BCUT2D eigenvalue weighted by molar-refractivity contribution is -0.132. The number of rotatable bonds is 5. The molecule has 0 atom stereocenters. The molecule has 1 aromatic carbocycles. The van der Waals surface area contributed by atoms with Crippen molar-refractivity contribution in [3.63, 3.8) is 0 Å². The van der Waals surface area contributed by atoms with E-state index >= 15 is 0 Å². The van der Waals surface area contributed by atoms with Gasteiger partial charge in [-0.15, -0.1) is 11.3 Å². The summed E-state index contributed by atoms with van der Waals surface area (Å²) in [7, 11) is 0. The number of carbonyl (C=O) groups is 1. The predicted octanol–water partition coefficient (Wildman–Crippen LogP) is 3.33. The van der Waals surface area contributed by atoms with Gasteiger partial charge in [0.2, 0.25) is 5.91 Å². The standard InChI is InChI=1S/C21H26N4OS/c1-3-16-5-7-17(8-6-16)19-14-25-18(15-27-21(25)22-19)13-20(26)24-11-9-23(4-2)10-12-24/h5-8,14-15H,3-4,9-13H2,1-2H3. The van der Waals surface area contributed by atoms with Gasteiger partial charge in [0.15, 0.2) is 4.96 Å². The van der Waals surface area contributed by atoms with Crippen molar-refractivity contribution in [3.8, 4) is 11.3 Å². The number of imidazole rings is 1. The minimum Gasteiger partial charge on any atom is -0.340 e. The van der Waals surface area contributed by atoms with Crippen LogP contribution in [-0.2, 0) is 17.6 Å². The fourth-order valence-corrected chi connectivity index (χ4v) is 4.46. The number of hydrogen-bond acceptors (Lipinski definition) is 4. The molecule has 1 saturated heterocycles. The van der Waals surface area contributed by atoms with E-state index in [1.165, 1.54) is 5.56 Å². The number of piperazine rings is 1. The van der Waals surface area contributed by atoms with Crippen LogP contribution in [0.2, 0.25) is 0 Å². The Labute approximate surface area is 164 Å². The molecule has 0 bridgehead atoms. The highest BCUT2D eigenvalue weighted by Gasteiger charge is 2.21. The maximum absolute atomic E-state index is 12.7. The largest absolute Gasteiger partial charge is 0.340 e. The van der Waals surface area contributed by atoms with E-state index in [0.29, 0.717) is 6.42 Å². The summed E-state index contributed by atoms with van der Waals surface area (Å²) in [6, 6.07) is 8.57. The maximum atomic E-state index is 12.7. The van der Waals surface area contributed by atoms with Crippen molar-refractivity contribution in [2.45, 2.75) is 26.7 Å². The van der Waals surface area contributed by atoms with Crippen LogP contribution in [0.25, 0.3) is 16.2 Å². The lowest BCUT2D eigenvalue weighted by Gasteiger charge is -2.34. The molecule has 0 N–H and O–H groups in total. The van der Waals surface area contributed by atoms with Gasteiger partial charge in [0, 0.05) is 49.0 Å². The van der Waals surface area contributed by atoms with Crippen molar-refractivity contribution in [1.82, 2.24) is 19.2 Å². The van der Waals surface area contributed by atoms with Crippen LogP contribution in [0.5, 0.6) is 0 Å². The zero-order valence-corrected chi connectivity index (χ0v) is 16.8. The topological polar surface area (TPSA) is 40.9 Å². The fraction of sp³-hybridized carbons (Fsp3) is 0.429. The number of thiazole rings is 1. The Balaban J connectivity index is 1.49. The molecule has 142 valence electrons. The molecule has 0 saturated carbocycles. The minimum absolute atomic E-state index is 0.216. The van der Waals surface area contributed by atoms with Crippen LogP contribution in [0.1, 0.15) is 25.1 Å². The minimum atomic E-state index is 0.216. The van der Waals surface area contributed by atoms with E-state index in [0.717, 1.165) is 61.1 Å². The van der Waals surface area contributed by atoms with Gasteiger partial charge in [-0.05, 0) is 18.5 Å². The summed E-state index contributed by atoms with van der Waals surface area (Å²) >= 11 is 1.60. The Morgan fingerprint density at radius 3 is 2.52 bits per heavy atom. The Bertz CT molecular complexity index is 919. The Morgan fingerprint density at radius 2 is 1.85 bits per heavy atom. The van der Waals surface area contributed by atoms with Gasteiger partial charge >= 0.3 is 0 Å². The molecule has 0 radical (unpaired) electrons. The van der Waals surface area contributed by atoms with E-state index in [1.807, 2.05) is 4.90 Å². The first kappa shape index (κ1) is 18.2. The van der Waals surface area contributed by atoms with Crippen molar-refractivity contribution < 1.29 is 4.79 Å². The monoisotopic (exact) mass is 382 g/mol. The first-order valence-electron chi connectivity index (χ1n) is 9.72. The molecule has 6 heteroatoms. The second-order valence-electron chi connectivity index (χ2n) is 7.05. The van der Waals surface area contributed by atoms with E-state index in [4.69, 9.17) is 4.98 Å². The third-order valence-electron chi connectivity index (χ3n) is 5.45. The van der Waals surface area contributed by atoms with Gasteiger partial charge in [-0.1, -0.05) is 38.1 Å². The molecule has 27 heavy (non-hydrogen) atoms. The Hall–Kier alpha value is -2.18. The lowest BCUT2D eigenvalue weighted by atomic mass is 10.1. The molecule has 0 aliphatic carbocycles. The second-order valence-corrected chi connectivity index (χ2v) is 7.88. The Morgan fingerprint density at radius 1 is 1.11 bits per heavy atom. The molecule has 0 unspecified atom stereocenters. The molecular formula is C21H26N4OS. The summed E-state index contributed by atoms with van der Waals surface area (Å²) in [6.07, 6.45) is 3.54. The number of aromatic nitrogens is 2. The van der Waals surface area contributed by atoms with Crippen molar-refractivity contribution in [3.05, 3.63) is 47.1 Å². The predicted molar refractivity (Wildman–Crippen MR) is 110 cm³/mol. The smallest absolute Gasteiger partial charge is 0.228 e. The average molecular weight is 383 g/mol. The second kappa shape index (κ2) is 7.82. The maximum Gasteiger partial charge on any atom is 0.228 e. The van der Waals surface area contributed by atoms with E-state index in [9.17, 15) is 4.79 Å². The number of benzene rings is 1. The molecule has 0 spiro atoms. The van der Waals surface area contributed by atoms with Gasteiger partial charge in [0.05, 0.1) is 12.1 Å². The summed E-state index contributed by atoms with van der Waals surface area (Å²) in [5.74, 6) is 0.216. The molecule has 1 fully saturated rings. The zero-order valence-electron chi connectivity index (χ0n) is 16.0. The number of fused-ring (bicyclic) bond motifs is 1. The van der Waals surface area contributed by atoms with E-state index < -0.39 is 0 Å². The third kappa shape index (κ3) is 3.77. The quantitative estimate of drug-likeness (QED) is 0.680. The molecule has 3 aromatic rings. The number of nitrogens with zero attached hydrogens (tertiary/aromatic N) is 4. The summed E-state index contributed by atoms with van der Waals surface area (Å²) in [4.78, 5) is 22.8. The zero-order chi connectivity index (χ0) is 18.8. The summed E-state index contributed by atoms with van der Waals surface area (Å²) < 4.78 is 2.08. The van der Waals surface area contributed by atoms with Crippen LogP contribution in [0.4, 0.5) is 0 Å². The lowest BCUT2D eigenvalue weighted by Crippen LogP contribution is -2.48. The fourth-order valence-electron chi connectivity index (χ4n) is 3.59. The molecule has 4 rings (SSSR count). The van der Waals surface area contributed by atoms with Crippen LogP contribution in [0.3, 0.4) is 0 Å². The average Bonchev–Trinajstić information content (AvgIpc) is 3.30. The van der Waals surface area contributed by atoms with Gasteiger partial charge < -0.3 is 9.80 Å². The molecule has 1 aliphatic heterocycles. The van der Waals surface area contributed by atoms with E-state index in [2.05, 4.69) is 59.0 Å². The van der Waals surface area contributed by atoms with Gasteiger partial charge in [0.1, 0.15) is 0 Å². The van der Waals surface area contributed by atoms with Crippen LogP contribution >= 0.6 is 11.3 Å². The van der Waals surface area contributed by atoms with Gasteiger partial charge in [-0.2, -0.15) is 0 Å². The van der Waals surface area contributed by atoms with Crippen molar-refractivity contribution in [1.29, 1.82) is 0 Å². The Kier molecular flexibility index (Phi) is 5.27. The van der Waals surface area contributed by atoms with Crippen molar-refractivity contribution >= 4 is 22.2 Å². The molecule has 1 aliphatic rings. The van der Waals surface area contributed by atoms with Crippen LogP contribution < -0.4 is 0 Å². The van der Waals surface area contributed by atoms with E-state index in [1.54, 1.807) is 11.3 Å². The first-order valence-corrected chi connectivity index (χ1v) is 10.6. The normalized spacial score (nSPS) is 15.6. The number of aryl methyl sites for hydroxylation is 1.